The molecule has 1 aromatic heterocycles. The van der Waals surface area contributed by atoms with Crippen molar-refractivity contribution >= 4 is 15.9 Å². The lowest BCUT2D eigenvalue weighted by molar-refractivity contribution is 0.154. The van der Waals surface area contributed by atoms with E-state index in [-0.39, 0.29) is 0 Å². The first-order chi connectivity index (χ1) is 6.84. The molecule has 14 heavy (non-hydrogen) atoms. The highest BCUT2D eigenvalue weighted by Crippen LogP contribution is 2.22. The molecule has 1 aliphatic rings. The fourth-order valence-corrected chi connectivity index (χ4v) is 1.94. The second-order valence-corrected chi connectivity index (χ2v) is 4.27. The van der Waals surface area contributed by atoms with E-state index in [4.69, 9.17) is 4.74 Å². The molecule has 1 fully saturated rings. The highest BCUT2D eigenvalue weighted by atomic mass is 79.9. The molecule has 1 heterocycles. The monoisotopic (exact) mass is 256 g/mol. The van der Waals surface area contributed by atoms with E-state index in [1.807, 2.05) is 0 Å². The Hall–Kier alpha value is -0.640. The molecule has 0 saturated heterocycles. The molecule has 0 radical (unpaired) electrons. The quantitative estimate of drug-likeness (QED) is 0.764. The van der Waals surface area contributed by atoms with Crippen molar-refractivity contribution in [3.05, 3.63) is 17.1 Å². The van der Waals surface area contributed by atoms with E-state index in [1.54, 1.807) is 12.4 Å². The predicted molar refractivity (Wildman–Crippen MR) is 57.2 cm³/mol. The summed E-state index contributed by atoms with van der Waals surface area (Å²) in [5.74, 6) is 0.778. The summed E-state index contributed by atoms with van der Waals surface area (Å²) < 4.78 is 6.37. The van der Waals surface area contributed by atoms with Gasteiger partial charge in [0.25, 0.3) is 0 Å². The molecule has 0 spiro atoms. The molecule has 0 aliphatic heterocycles. The normalized spacial score (nSPS) is 18.1. The zero-order valence-corrected chi connectivity index (χ0v) is 9.53. The van der Waals surface area contributed by atoms with Gasteiger partial charge in [-0.2, -0.15) is 0 Å². The Morgan fingerprint density at radius 3 is 2.43 bits per heavy atom. The molecule has 4 heteroatoms. The van der Waals surface area contributed by atoms with Gasteiger partial charge in [0.15, 0.2) is 10.5 Å². The highest BCUT2D eigenvalue weighted by Gasteiger charge is 2.14. The number of hydrogen-bond donors (Lipinski definition) is 0. The van der Waals surface area contributed by atoms with E-state index in [0.717, 1.165) is 18.6 Å². The first-order valence-electron chi connectivity index (χ1n) is 4.99. The second kappa shape index (κ2) is 4.73. The number of nitrogens with zero attached hydrogens (tertiary/aromatic N) is 2. The number of hydrogen-bond acceptors (Lipinski definition) is 3. The second-order valence-electron chi connectivity index (χ2n) is 3.57. The first-order valence-corrected chi connectivity index (χ1v) is 5.78. The Balaban J connectivity index is 1.92. The molecule has 0 aromatic carbocycles. The molecule has 3 nitrogen and oxygen atoms in total. The first kappa shape index (κ1) is 9.90. The third kappa shape index (κ3) is 2.67. The summed E-state index contributed by atoms with van der Waals surface area (Å²) >= 11 is 3.19. The van der Waals surface area contributed by atoms with Crippen molar-refractivity contribution in [2.75, 3.05) is 0 Å². The average molecular weight is 257 g/mol. The van der Waals surface area contributed by atoms with Gasteiger partial charge in [-0.3, -0.25) is 0 Å². The standard InChI is InChI=1S/C10H13BrN2O/c11-10-12-6-9(7-13-10)14-8-4-2-1-3-5-8/h6-8H,1-5H2. The Morgan fingerprint density at radius 1 is 1.14 bits per heavy atom. The summed E-state index contributed by atoms with van der Waals surface area (Å²) in [6.45, 7) is 0. The maximum absolute atomic E-state index is 5.76. The van der Waals surface area contributed by atoms with Crippen LogP contribution in [0.4, 0.5) is 0 Å². The molecule has 76 valence electrons. The van der Waals surface area contributed by atoms with E-state index in [0.29, 0.717) is 10.8 Å². The fourth-order valence-electron chi connectivity index (χ4n) is 1.74. The van der Waals surface area contributed by atoms with Gasteiger partial charge in [-0.15, -0.1) is 0 Å². The van der Waals surface area contributed by atoms with Crippen LogP contribution < -0.4 is 4.74 Å². The Morgan fingerprint density at radius 2 is 1.79 bits per heavy atom. The molecule has 0 unspecified atom stereocenters. The molecule has 0 atom stereocenters. The van der Waals surface area contributed by atoms with Gasteiger partial charge in [-0.25, -0.2) is 9.97 Å². The van der Waals surface area contributed by atoms with Crippen molar-refractivity contribution < 1.29 is 4.74 Å². The van der Waals surface area contributed by atoms with Crippen LogP contribution in [0.2, 0.25) is 0 Å². The van der Waals surface area contributed by atoms with Gasteiger partial charge in [0.1, 0.15) is 0 Å². The molecular formula is C10H13BrN2O. The van der Waals surface area contributed by atoms with Gasteiger partial charge in [0, 0.05) is 0 Å². The lowest BCUT2D eigenvalue weighted by Gasteiger charge is -2.22. The van der Waals surface area contributed by atoms with Gasteiger partial charge >= 0.3 is 0 Å². The summed E-state index contributed by atoms with van der Waals surface area (Å²) in [7, 11) is 0. The summed E-state index contributed by atoms with van der Waals surface area (Å²) in [6.07, 6.45) is 10.0. The van der Waals surface area contributed by atoms with Gasteiger partial charge in [-0.1, -0.05) is 6.42 Å². The van der Waals surface area contributed by atoms with Gasteiger partial charge in [0.2, 0.25) is 0 Å². The van der Waals surface area contributed by atoms with Gasteiger partial charge in [0.05, 0.1) is 18.5 Å². The number of ether oxygens (including phenoxy) is 1. The van der Waals surface area contributed by atoms with E-state index < -0.39 is 0 Å². The van der Waals surface area contributed by atoms with E-state index in [9.17, 15) is 0 Å². The lowest BCUT2D eigenvalue weighted by atomic mass is 9.98. The van der Waals surface area contributed by atoms with Crippen molar-refractivity contribution in [2.45, 2.75) is 38.2 Å². The van der Waals surface area contributed by atoms with Crippen molar-refractivity contribution in [1.82, 2.24) is 9.97 Å². The summed E-state index contributed by atoms with van der Waals surface area (Å²) in [4.78, 5) is 8.05. The third-order valence-electron chi connectivity index (χ3n) is 2.45. The van der Waals surface area contributed by atoms with Gasteiger partial charge < -0.3 is 4.74 Å². The van der Waals surface area contributed by atoms with Crippen LogP contribution in [0.15, 0.2) is 17.1 Å². The molecule has 0 bridgehead atoms. The van der Waals surface area contributed by atoms with Crippen LogP contribution in [-0.2, 0) is 0 Å². The van der Waals surface area contributed by atoms with E-state index in [1.165, 1.54) is 19.3 Å². The topological polar surface area (TPSA) is 35.0 Å². The van der Waals surface area contributed by atoms with E-state index in [2.05, 4.69) is 25.9 Å². The number of halogens is 1. The Labute approximate surface area is 92.0 Å². The van der Waals surface area contributed by atoms with Crippen LogP contribution in [-0.4, -0.2) is 16.1 Å². The minimum Gasteiger partial charge on any atom is -0.487 e. The summed E-state index contributed by atoms with van der Waals surface area (Å²) in [6, 6.07) is 0. The lowest BCUT2D eigenvalue weighted by Crippen LogP contribution is -2.19. The summed E-state index contributed by atoms with van der Waals surface area (Å²) in [5.41, 5.74) is 0. The van der Waals surface area contributed by atoms with Crippen molar-refractivity contribution in [3.8, 4) is 5.75 Å². The molecule has 1 aromatic rings. The molecule has 0 amide bonds. The number of aromatic nitrogens is 2. The average Bonchev–Trinajstić information content (AvgIpc) is 2.23. The zero-order chi connectivity index (χ0) is 9.80. The minimum atomic E-state index is 0.369. The summed E-state index contributed by atoms with van der Waals surface area (Å²) in [5, 5.41) is 0. The maximum Gasteiger partial charge on any atom is 0.196 e. The fraction of sp³-hybridized carbons (Fsp3) is 0.600. The smallest absolute Gasteiger partial charge is 0.196 e. The van der Waals surface area contributed by atoms with Gasteiger partial charge in [-0.05, 0) is 41.6 Å². The minimum absolute atomic E-state index is 0.369. The van der Waals surface area contributed by atoms with Crippen LogP contribution in [0.1, 0.15) is 32.1 Å². The SMILES string of the molecule is Brc1ncc(OC2CCCCC2)cn1. The Bertz CT molecular complexity index is 283. The molecule has 1 saturated carbocycles. The van der Waals surface area contributed by atoms with Crippen LogP contribution in [0.3, 0.4) is 0 Å². The Kier molecular flexibility index (Phi) is 3.35. The largest absolute Gasteiger partial charge is 0.487 e. The molecule has 1 aliphatic carbocycles. The predicted octanol–water partition coefficient (Wildman–Crippen LogP) is 2.95. The van der Waals surface area contributed by atoms with Crippen LogP contribution in [0.25, 0.3) is 0 Å². The van der Waals surface area contributed by atoms with Crippen molar-refractivity contribution in [1.29, 1.82) is 0 Å². The van der Waals surface area contributed by atoms with Crippen LogP contribution >= 0.6 is 15.9 Å². The number of rotatable bonds is 2. The zero-order valence-electron chi connectivity index (χ0n) is 7.95. The van der Waals surface area contributed by atoms with E-state index >= 15 is 0 Å². The third-order valence-corrected chi connectivity index (χ3v) is 2.86. The molecule has 0 N–H and O–H groups in total. The van der Waals surface area contributed by atoms with Crippen LogP contribution in [0, 0.1) is 0 Å². The van der Waals surface area contributed by atoms with Crippen LogP contribution in [0.5, 0.6) is 5.75 Å². The molecule has 2 rings (SSSR count). The van der Waals surface area contributed by atoms with Crippen molar-refractivity contribution in [3.63, 3.8) is 0 Å². The maximum atomic E-state index is 5.76. The molecular weight excluding hydrogens is 244 g/mol. The highest BCUT2D eigenvalue weighted by molar-refractivity contribution is 9.10. The van der Waals surface area contributed by atoms with Crippen molar-refractivity contribution in [2.24, 2.45) is 0 Å².